The summed E-state index contributed by atoms with van der Waals surface area (Å²) < 4.78 is 5.52. The molecule has 3 nitrogen and oxygen atoms in total. The van der Waals surface area contributed by atoms with Crippen LogP contribution < -0.4 is 10.1 Å². The van der Waals surface area contributed by atoms with Gasteiger partial charge in [0.2, 0.25) is 0 Å². The third kappa shape index (κ3) is 3.97. The minimum atomic E-state index is 0.349. The molecule has 1 aromatic carbocycles. The third-order valence-corrected chi connectivity index (χ3v) is 4.15. The van der Waals surface area contributed by atoms with Crippen LogP contribution in [0.25, 0.3) is 0 Å². The zero-order valence-electron chi connectivity index (χ0n) is 13.1. The minimum absolute atomic E-state index is 0.349. The summed E-state index contributed by atoms with van der Waals surface area (Å²) in [4.78, 5) is 2.59. The Morgan fingerprint density at radius 3 is 2.90 bits per heavy atom. The molecule has 0 aliphatic carbocycles. The molecular formula is C17H28N2O. The van der Waals surface area contributed by atoms with Gasteiger partial charge in [0.05, 0.1) is 7.11 Å². The SMILES string of the molecule is CCNC(CN1CCCC(C)C1)c1ccccc1OC. The second-order valence-corrected chi connectivity index (χ2v) is 5.86. The van der Waals surface area contributed by atoms with Crippen molar-refractivity contribution >= 4 is 0 Å². The number of benzene rings is 1. The Morgan fingerprint density at radius 2 is 2.20 bits per heavy atom. The number of hydrogen-bond acceptors (Lipinski definition) is 3. The highest BCUT2D eigenvalue weighted by Crippen LogP contribution is 2.27. The molecule has 1 fully saturated rings. The second kappa shape index (κ2) is 7.65. The zero-order chi connectivity index (χ0) is 14.4. The second-order valence-electron chi connectivity index (χ2n) is 5.86. The van der Waals surface area contributed by atoms with Gasteiger partial charge in [-0.25, -0.2) is 0 Å². The Bertz CT molecular complexity index is 408. The maximum Gasteiger partial charge on any atom is 0.123 e. The van der Waals surface area contributed by atoms with E-state index in [1.54, 1.807) is 7.11 Å². The number of methoxy groups -OCH3 is 1. The fraction of sp³-hybridized carbons (Fsp3) is 0.647. The predicted molar refractivity (Wildman–Crippen MR) is 84.2 cm³/mol. The van der Waals surface area contributed by atoms with Gasteiger partial charge in [-0.3, -0.25) is 0 Å². The van der Waals surface area contributed by atoms with E-state index in [-0.39, 0.29) is 0 Å². The summed E-state index contributed by atoms with van der Waals surface area (Å²) in [6.45, 7) is 9.02. The summed E-state index contributed by atoms with van der Waals surface area (Å²) in [6.07, 6.45) is 2.70. The number of nitrogens with zero attached hydrogens (tertiary/aromatic N) is 1. The largest absolute Gasteiger partial charge is 0.496 e. The van der Waals surface area contributed by atoms with E-state index in [0.29, 0.717) is 6.04 Å². The van der Waals surface area contributed by atoms with E-state index in [1.807, 2.05) is 6.07 Å². The molecule has 2 unspecified atom stereocenters. The molecule has 1 heterocycles. The molecule has 20 heavy (non-hydrogen) atoms. The van der Waals surface area contributed by atoms with Crippen molar-refractivity contribution in [3.63, 3.8) is 0 Å². The number of likely N-dealkylation sites (tertiary alicyclic amines) is 1. The molecule has 0 bridgehead atoms. The van der Waals surface area contributed by atoms with Crippen LogP contribution in [0.4, 0.5) is 0 Å². The molecule has 2 atom stereocenters. The van der Waals surface area contributed by atoms with Crippen molar-refractivity contribution in [1.82, 2.24) is 10.2 Å². The van der Waals surface area contributed by atoms with Crippen molar-refractivity contribution in [2.45, 2.75) is 32.7 Å². The molecule has 3 heteroatoms. The maximum atomic E-state index is 5.52. The molecular weight excluding hydrogens is 248 g/mol. The smallest absolute Gasteiger partial charge is 0.123 e. The van der Waals surface area contributed by atoms with E-state index in [0.717, 1.165) is 24.8 Å². The highest BCUT2D eigenvalue weighted by molar-refractivity contribution is 5.36. The van der Waals surface area contributed by atoms with Crippen LogP contribution >= 0.6 is 0 Å². The van der Waals surface area contributed by atoms with Crippen molar-refractivity contribution in [2.75, 3.05) is 33.3 Å². The lowest BCUT2D eigenvalue weighted by atomic mass is 9.98. The number of hydrogen-bond donors (Lipinski definition) is 1. The van der Waals surface area contributed by atoms with Crippen molar-refractivity contribution in [2.24, 2.45) is 5.92 Å². The topological polar surface area (TPSA) is 24.5 Å². The van der Waals surface area contributed by atoms with Crippen molar-refractivity contribution in [1.29, 1.82) is 0 Å². The van der Waals surface area contributed by atoms with Crippen LogP contribution in [0.5, 0.6) is 5.75 Å². The summed E-state index contributed by atoms with van der Waals surface area (Å²) in [5, 5.41) is 3.61. The highest BCUT2D eigenvalue weighted by Gasteiger charge is 2.22. The normalized spacial score (nSPS) is 21.6. The van der Waals surface area contributed by atoms with Crippen LogP contribution in [-0.2, 0) is 0 Å². The lowest BCUT2D eigenvalue weighted by molar-refractivity contribution is 0.166. The van der Waals surface area contributed by atoms with Crippen LogP contribution in [-0.4, -0.2) is 38.2 Å². The molecule has 112 valence electrons. The van der Waals surface area contributed by atoms with Crippen LogP contribution in [0, 0.1) is 5.92 Å². The lowest BCUT2D eigenvalue weighted by Gasteiger charge is -2.34. The van der Waals surface area contributed by atoms with Gasteiger partial charge in [-0.05, 0) is 37.9 Å². The van der Waals surface area contributed by atoms with E-state index in [9.17, 15) is 0 Å². The number of piperidine rings is 1. The van der Waals surface area contributed by atoms with E-state index in [2.05, 4.69) is 42.3 Å². The van der Waals surface area contributed by atoms with E-state index >= 15 is 0 Å². The van der Waals surface area contributed by atoms with E-state index in [1.165, 1.54) is 31.5 Å². The zero-order valence-corrected chi connectivity index (χ0v) is 13.1. The van der Waals surface area contributed by atoms with Gasteiger partial charge in [-0.1, -0.05) is 32.0 Å². The first-order valence-corrected chi connectivity index (χ1v) is 7.83. The molecule has 0 radical (unpaired) electrons. The van der Waals surface area contributed by atoms with Gasteiger partial charge < -0.3 is 15.0 Å². The van der Waals surface area contributed by atoms with E-state index in [4.69, 9.17) is 4.74 Å². The van der Waals surface area contributed by atoms with Crippen LogP contribution in [0.2, 0.25) is 0 Å². The molecule has 1 saturated heterocycles. The molecule has 0 amide bonds. The number of rotatable bonds is 6. The molecule has 0 spiro atoms. The van der Waals surface area contributed by atoms with Crippen molar-refractivity contribution in [3.05, 3.63) is 29.8 Å². The van der Waals surface area contributed by atoms with Crippen molar-refractivity contribution < 1.29 is 4.74 Å². The highest BCUT2D eigenvalue weighted by atomic mass is 16.5. The molecule has 0 saturated carbocycles. The van der Waals surface area contributed by atoms with Gasteiger partial charge in [-0.2, -0.15) is 0 Å². The standard InChI is InChI=1S/C17H28N2O/c1-4-18-16(13-19-11-7-8-14(2)12-19)15-9-5-6-10-17(15)20-3/h5-6,9-10,14,16,18H,4,7-8,11-13H2,1-3H3. The number of likely N-dealkylation sites (N-methyl/N-ethyl adjacent to an activating group) is 1. The van der Waals surface area contributed by atoms with Gasteiger partial charge >= 0.3 is 0 Å². The third-order valence-electron chi connectivity index (χ3n) is 4.15. The molecule has 0 aromatic heterocycles. The first-order chi connectivity index (χ1) is 9.74. The maximum absolute atomic E-state index is 5.52. The predicted octanol–water partition coefficient (Wildman–Crippen LogP) is 3.08. The Kier molecular flexibility index (Phi) is 5.86. The summed E-state index contributed by atoms with van der Waals surface area (Å²) >= 11 is 0. The average molecular weight is 276 g/mol. The van der Waals surface area contributed by atoms with Gasteiger partial charge in [0.1, 0.15) is 5.75 Å². The first-order valence-electron chi connectivity index (χ1n) is 7.83. The van der Waals surface area contributed by atoms with E-state index < -0.39 is 0 Å². The quantitative estimate of drug-likeness (QED) is 0.864. The molecule has 1 aliphatic heterocycles. The van der Waals surface area contributed by atoms with Crippen LogP contribution in [0.3, 0.4) is 0 Å². The Labute approximate surface area is 123 Å². The Hall–Kier alpha value is -1.06. The van der Waals surface area contributed by atoms with Gasteiger partial charge in [0, 0.05) is 24.7 Å². The molecule has 1 N–H and O–H groups in total. The summed E-state index contributed by atoms with van der Waals surface area (Å²) in [5.41, 5.74) is 1.27. The fourth-order valence-corrected chi connectivity index (χ4v) is 3.18. The first kappa shape index (κ1) is 15.3. The molecule has 1 aromatic rings. The van der Waals surface area contributed by atoms with Gasteiger partial charge in [0.15, 0.2) is 0 Å². The number of para-hydroxylation sites is 1. The molecule has 1 aliphatic rings. The lowest BCUT2D eigenvalue weighted by Crippen LogP contribution is -2.40. The van der Waals surface area contributed by atoms with Gasteiger partial charge in [-0.15, -0.1) is 0 Å². The number of nitrogens with one attached hydrogen (secondary N) is 1. The van der Waals surface area contributed by atoms with Crippen LogP contribution in [0.15, 0.2) is 24.3 Å². The monoisotopic (exact) mass is 276 g/mol. The fourth-order valence-electron chi connectivity index (χ4n) is 3.18. The minimum Gasteiger partial charge on any atom is -0.496 e. The van der Waals surface area contributed by atoms with Gasteiger partial charge in [0.25, 0.3) is 0 Å². The number of ether oxygens (including phenoxy) is 1. The van der Waals surface area contributed by atoms with Crippen LogP contribution in [0.1, 0.15) is 38.3 Å². The summed E-state index contributed by atoms with van der Waals surface area (Å²) in [7, 11) is 1.75. The molecule has 2 rings (SSSR count). The average Bonchev–Trinajstić information content (AvgIpc) is 2.47. The Morgan fingerprint density at radius 1 is 1.40 bits per heavy atom. The van der Waals surface area contributed by atoms with Crippen molar-refractivity contribution in [3.8, 4) is 5.75 Å². The Balaban J connectivity index is 2.09. The summed E-state index contributed by atoms with van der Waals surface area (Å²) in [6, 6.07) is 8.72. The summed E-state index contributed by atoms with van der Waals surface area (Å²) in [5.74, 6) is 1.81.